The van der Waals surface area contributed by atoms with Crippen LogP contribution in [-0.2, 0) is 28.6 Å². The van der Waals surface area contributed by atoms with E-state index >= 15 is 0 Å². The van der Waals surface area contributed by atoms with Crippen LogP contribution in [0.1, 0.15) is 124 Å². The van der Waals surface area contributed by atoms with Crippen molar-refractivity contribution in [3.8, 4) is 0 Å². The second-order valence-electron chi connectivity index (χ2n) is 10.00. The van der Waals surface area contributed by atoms with Crippen LogP contribution in [-0.4, -0.2) is 37.2 Å². The van der Waals surface area contributed by atoms with Crippen molar-refractivity contribution in [3.05, 3.63) is 60.8 Å². The Morgan fingerprint density at radius 3 is 1.56 bits per heavy atom. The molecule has 0 aliphatic heterocycles. The van der Waals surface area contributed by atoms with Crippen LogP contribution in [0.15, 0.2) is 60.8 Å². The van der Waals surface area contributed by atoms with Crippen LogP contribution in [0.5, 0.6) is 0 Å². The molecule has 0 heterocycles. The number of unbranched alkanes of at least 4 members (excludes halogenated alkanes) is 6. The van der Waals surface area contributed by atoms with E-state index in [9.17, 15) is 14.4 Å². The standard InChI is InChI=1S/C35H56O6/c1-4-7-10-11-12-13-14-15-16-17-18-19-20-21-22-23-26-28-34(37)40-31-32(41-35(38)29-25-9-6-3)30-39-33(36)27-24-8-5-2/h9,12-13,15-16,18-19,21-22,25,32H,4-8,10-11,14,17,20,23-24,26-31H2,1-3H3/b13-12-,16-15-,19-18-,22-21-,25-9-. The van der Waals surface area contributed by atoms with Gasteiger partial charge in [-0.05, 0) is 57.8 Å². The van der Waals surface area contributed by atoms with E-state index in [0.717, 1.165) is 51.4 Å². The average molecular weight is 573 g/mol. The second-order valence-corrected chi connectivity index (χ2v) is 10.00. The van der Waals surface area contributed by atoms with Gasteiger partial charge in [-0.15, -0.1) is 0 Å². The van der Waals surface area contributed by atoms with Crippen LogP contribution >= 0.6 is 0 Å². The number of rotatable bonds is 26. The molecule has 0 bridgehead atoms. The van der Waals surface area contributed by atoms with Crippen molar-refractivity contribution in [2.45, 2.75) is 130 Å². The summed E-state index contributed by atoms with van der Waals surface area (Å²) in [5, 5.41) is 0. The molecule has 0 spiro atoms. The van der Waals surface area contributed by atoms with Crippen LogP contribution in [0, 0.1) is 0 Å². The van der Waals surface area contributed by atoms with Gasteiger partial charge < -0.3 is 14.2 Å². The van der Waals surface area contributed by atoms with Gasteiger partial charge in [0.25, 0.3) is 0 Å². The van der Waals surface area contributed by atoms with Gasteiger partial charge in [-0.2, -0.15) is 0 Å². The largest absolute Gasteiger partial charge is 0.462 e. The molecule has 6 heteroatoms. The topological polar surface area (TPSA) is 78.9 Å². The van der Waals surface area contributed by atoms with E-state index in [0.29, 0.717) is 12.8 Å². The molecule has 0 aromatic carbocycles. The smallest absolute Gasteiger partial charge is 0.310 e. The Labute approximate surface area is 250 Å². The number of hydrogen-bond acceptors (Lipinski definition) is 6. The molecule has 0 rings (SSSR count). The molecule has 232 valence electrons. The molecule has 1 atom stereocenters. The lowest BCUT2D eigenvalue weighted by atomic mass is 10.2. The molecule has 0 saturated heterocycles. The Hall–Kier alpha value is -2.89. The quantitative estimate of drug-likeness (QED) is 0.0445. The first kappa shape index (κ1) is 38.1. The molecular formula is C35H56O6. The SMILES string of the molecule is CC/C=C\CC(=O)OC(COC(=O)CCC/C=C\C/C=C\C/C=C\C/C=C\CCCCC)COC(=O)CCCCC. The average Bonchev–Trinajstić information content (AvgIpc) is 2.96. The van der Waals surface area contributed by atoms with Crippen molar-refractivity contribution < 1.29 is 28.6 Å². The number of ether oxygens (including phenoxy) is 3. The fourth-order valence-corrected chi connectivity index (χ4v) is 3.66. The summed E-state index contributed by atoms with van der Waals surface area (Å²) in [5.41, 5.74) is 0. The van der Waals surface area contributed by atoms with E-state index in [2.05, 4.69) is 62.5 Å². The first-order chi connectivity index (χ1) is 20.0. The van der Waals surface area contributed by atoms with Crippen molar-refractivity contribution >= 4 is 17.9 Å². The summed E-state index contributed by atoms with van der Waals surface area (Å²) >= 11 is 0. The van der Waals surface area contributed by atoms with Gasteiger partial charge >= 0.3 is 17.9 Å². The minimum atomic E-state index is -0.815. The number of carbonyl (C=O) groups excluding carboxylic acids is 3. The number of esters is 3. The van der Waals surface area contributed by atoms with Crippen molar-refractivity contribution in [2.75, 3.05) is 13.2 Å². The molecule has 0 aliphatic carbocycles. The monoisotopic (exact) mass is 572 g/mol. The molecule has 0 aliphatic rings. The molecule has 6 nitrogen and oxygen atoms in total. The summed E-state index contributed by atoms with van der Waals surface area (Å²) in [7, 11) is 0. The van der Waals surface area contributed by atoms with Crippen molar-refractivity contribution in [3.63, 3.8) is 0 Å². The predicted molar refractivity (Wildman–Crippen MR) is 168 cm³/mol. The zero-order valence-electron chi connectivity index (χ0n) is 26.0. The van der Waals surface area contributed by atoms with Crippen LogP contribution in [0.4, 0.5) is 0 Å². The maximum atomic E-state index is 12.2. The van der Waals surface area contributed by atoms with Gasteiger partial charge in [0.2, 0.25) is 0 Å². The van der Waals surface area contributed by atoms with Crippen LogP contribution in [0.3, 0.4) is 0 Å². The van der Waals surface area contributed by atoms with Gasteiger partial charge in [0.1, 0.15) is 13.2 Å². The summed E-state index contributed by atoms with van der Waals surface area (Å²) in [5.74, 6) is -1.14. The Morgan fingerprint density at radius 1 is 0.537 bits per heavy atom. The van der Waals surface area contributed by atoms with E-state index in [4.69, 9.17) is 14.2 Å². The molecule has 0 amide bonds. The maximum Gasteiger partial charge on any atom is 0.310 e. The van der Waals surface area contributed by atoms with Crippen molar-refractivity contribution in [1.82, 2.24) is 0 Å². The highest BCUT2D eigenvalue weighted by Crippen LogP contribution is 2.06. The van der Waals surface area contributed by atoms with Crippen molar-refractivity contribution in [2.24, 2.45) is 0 Å². The first-order valence-corrected chi connectivity index (χ1v) is 15.8. The van der Waals surface area contributed by atoms with Gasteiger partial charge in [-0.25, -0.2) is 0 Å². The van der Waals surface area contributed by atoms with Crippen molar-refractivity contribution in [1.29, 1.82) is 0 Å². The lowest BCUT2D eigenvalue weighted by Gasteiger charge is -2.18. The van der Waals surface area contributed by atoms with E-state index in [-0.39, 0.29) is 38.0 Å². The number of carbonyl (C=O) groups is 3. The van der Waals surface area contributed by atoms with Gasteiger partial charge in [0.15, 0.2) is 6.10 Å². The van der Waals surface area contributed by atoms with Crippen LogP contribution in [0.2, 0.25) is 0 Å². The Kier molecular flexibility index (Phi) is 28.0. The van der Waals surface area contributed by atoms with Gasteiger partial charge in [-0.1, -0.05) is 107 Å². The minimum absolute atomic E-state index is 0.121. The third-order valence-electron chi connectivity index (χ3n) is 6.04. The summed E-state index contributed by atoms with van der Waals surface area (Å²) in [4.78, 5) is 36.2. The van der Waals surface area contributed by atoms with Gasteiger partial charge in [0, 0.05) is 12.8 Å². The Morgan fingerprint density at radius 2 is 1.02 bits per heavy atom. The minimum Gasteiger partial charge on any atom is -0.462 e. The highest BCUT2D eigenvalue weighted by molar-refractivity contribution is 5.72. The Bertz CT molecular complexity index is 805. The molecule has 41 heavy (non-hydrogen) atoms. The normalized spacial score (nSPS) is 12.8. The number of hydrogen-bond donors (Lipinski definition) is 0. The fourth-order valence-electron chi connectivity index (χ4n) is 3.66. The van der Waals surface area contributed by atoms with E-state index in [1.807, 2.05) is 13.0 Å². The molecule has 0 fully saturated rings. The maximum absolute atomic E-state index is 12.2. The molecule has 1 unspecified atom stereocenters. The van der Waals surface area contributed by atoms with E-state index in [1.54, 1.807) is 6.08 Å². The summed E-state index contributed by atoms with van der Waals surface area (Å²) in [6.45, 7) is 6.01. The molecule has 0 aromatic heterocycles. The highest BCUT2D eigenvalue weighted by Gasteiger charge is 2.19. The lowest BCUT2D eigenvalue weighted by molar-refractivity contribution is -0.166. The third kappa shape index (κ3) is 28.4. The van der Waals surface area contributed by atoms with Crippen LogP contribution < -0.4 is 0 Å². The van der Waals surface area contributed by atoms with Crippen LogP contribution in [0.25, 0.3) is 0 Å². The molecular weight excluding hydrogens is 516 g/mol. The number of allylic oxidation sites excluding steroid dienone is 9. The summed E-state index contributed by atoms with van der Waals surface area (Å²) in [6.07, 6.45) is 33.8. The second kappa shape index (κ2) is 30.1. The van der Waals surface area contributed by atoms with E-state index in [1.165, 1.54) is 25.7 Å². The Balaban J connectivity index is 4.18. The zero-order valence-corrected chi connectivity index (χ0v) is 26.0. The predicted octanol–water partition coefficient (Wildman–Crippen LogP) is 9.07. The zero-order chi connectivity index (χ0) is 30.2. The lowest BCUT2D eigenvalue weighted by Crippen LogP contribution is -2.30. The van der Waals surface area contributed by atoms with Gasteiger partial charge in [-0.3, -0.25) is 14.4 Å². The molecule has 0 saturated carbocycles. The summed E-state index contributed by atoms with van der Waals surface area (Å²) < 4.78 is 16.0. The molecule has 0 N–H and O–H groups in total. The summed E-state index contributed by atoms with van der Waals surface area (Å²) in [6, 6.07) is 0. The van der Waals surface area contributed by atoms with Gasteiger partial charge in [0.05, 0.1) is 6.42 Å². The fraction of sp³-hybridized carbons (Fsp3) is 0.629. The third-order valence-corrected chi connectivity index (χ3v) is 6.04. The highest BCUT2D eigenvalue weighted by atomic mass is 16.6. The molecule has 0 radical (unpaired) electrons. The first-order valence-electron chi connectivity index (χ1n) is 15.8. The molecule has 0 aromatic rings. The van der Waals surface area contributed by atoms with E-state index < -0.39 is 12.1 Å².